The van der Waals surface area contributed by atoms with E-state index in [1.807, 2.05) is 13.8 Å². The highest BCUT2D eigenvalue weighted by molar-refractivity contribution is 5.89. The molecule has 1 aliphatic heterocycles. The number of benzene rings is 1. The van der Waals surface area contributed by atoms with Gasteiger partial charge in [0.25, 0.3) is 0 Å². The zero-order chi connectivity index (χ0) is 17.5. The van der Waals surface area contributed by atoms with Crippen molar-refractivity contribution in [2.45, 2.75) is 32.5 Å². The molecule has 1 aromatic carbocycles. The lowest BCUT2D eigenvalue weighted by Gasteiger charge is -2.35. The van der Waals surface area contributed by atoms with Crippen LogP contribution in [0.15, 0.2) is 24.3 Å². The van der Waals surface area contributed by atoms with Gasteiger partial charge in [-0.3, -0.25) is 4.79 Å². The number of carbonyl (C=O) groups is 2. The number of hydrogen-bond acceptors (Lipinski definition) is 4. The molecule has 0 radical (unpaired) electrons. The Hall–Kier alpha value is -2.28. The average molecular weight is 335 g/mol. The van der Waals surface area contributed by atoms with Gasteiger partial charge in [0.15, 0.2) is 0 Å². The fraction of sp³-hybridized carbons (Fsp3) is 0.529. The van der Waals surface area contributed by atoms with Gasteiger partial charge in [-0.25, -0.2) is 4.79 Å². The molecule has 0 aliphatic carbocycles. The van der Waals surface area contributed by atoms with Crippen molar-refractivity contribution in [1.82, 2.24) is 10.2 Å². The van der Waals surface area contributed by atoms with Crippen LogP contribution in [0.4, 0.5) is 10.5 Å². The van der Waals surface area contributed by atoms with E-state index in [0.717, 1.165) is 5.75 Å². The van der Waals surface area contributed by atoms with Gasteiger partial charge in [0.05, 0.1) is 19.3 Å². The Morgan fingerprint density at radius 1 is 1.21 bits per heavy atom. The molecule has 1 aromatic rings. The molecule has 2 atom stereocenters. The fourth-order valence-corrected chi connectivity index (χ4v) is 2.67. The Morgan fingerprint density at radius 3 is 2.42 bits per heavy atom. The molecule has 0 saturated carbocycles. The Balaban J connectivity index is 1.70. The zero-order valence-electron chi connectivity index (χ0n) is 14.4. The van der Waals surface area contributed by atoms with E-state index in [-0.39, 0.29) is 30.6 Å². The van der Waals surface area contributed by atoms with Crippen molar-refractivity contribution in [3.05, 3.63) is 24.3 Å². The molecule has 1 aliphatic rings. The summed E-state index contributed by atoms with van der Waals surface area (Å²) in [5, 5.41) is 5.40. The maximum Gasteiger partial charge on any atom is 0.319 e. The van der Waals surface area contributed by atoms with Crippen molar-refractivity contribution >= 4 is 17.6 Å². The number of methoxy groups -OCH3 is 1. The lowest BCUT2D eigenvalue weighted by molar-refractivity contribution is -0.143. The number of nitrogens with one attached hydrogen (secondary N) is 2. The minimum Gasteiger partial charge on any atom is -0.497 e. The molecule has 2 rings (SSSR count). The van der Waals surface area contributed by atoms with E-state index in [0.29, 0.717) is 25.3 Å². The Kier molecular flexibility index (Phi) is 6.43. The summed E-state index contributed by atoms with van der Waals surface area (Å²) in [6.45, 7) is 5.40. The van der Waals surface area contributed by atoms with Crippen LogP contribution in [0.1, 0.15) is 20.3 Å². The Labute approximate surface area is 142 Å². The van der Waals surface area contributed by atoms with Crippen LogP contribution in [0, 0.1) is 0 Å². The maximum atomic E-state index is 12.2. The van der Waals surface area contributed by atoms with Gasteiger partial charge in [0.1, 0.15) is 5.75 Å². The van der Waals surface area contributed by atoms with Gasteiger partial charge in [-0.15, -0.1) is 0 Å². The highest BCUT2D eigenvalue weighted by atomic mass is 16.5. The first-order valence-corrected chi connectivity index (χ1v) is 8.10. The fourth-order valence-electron chi connectivity index (χ4n) is 2.67. The van der Waals surface area contributed by atoms with E-state index < -0.39 is 0 Å². The molecule has 0 aromatic heterocycles. The number of carbonyl (C=O) groups excluding carboxylic acids is 2. The number of anilines is 1. The van der Waals surface area contributed by atoms with Crippen LogP contribution in [0.5, 0.6) is 5.75 Å². The highest BCUT2D eigenvalue weighted by Crippen LogP contribution is 2.15. The summed E-state index contributed by atoms with van der Waals surface area (Å²) in [6, 6.07) is 6.69. The summed E-state index contributed by atoms with van der Waals surface area (Å²) < 4.78 is 10.7. The second kappa shape index (κ2) is 8.54. The largest absolute Gasteiger partial charge is 0.497 e. The summed E-state index contributed by atoms with van der Waals surface area (Å²) >= 11 is 0. The molecule has 1 heterocycles. The lowest BCUT2D eigenvalue weighted by atomic mass is 10.2. The normalized spacial score (nSPS) is 20.4. The molecule has 1 fully saturated rings. The molecule has 1 saturated heterocycles. The number of rotatable bonds is 5. The van der Waals surface area contributed by atoms with Crippen LogP contribution in [0.25, 0.3) is 0 Å². The second-order valence-corrected chi connectivity index (χ2v) is 5.92. The van der Waals surface area contributed by atoms with Gasteiger partial charge in [-0.05, 0) is 38.1 Å². The van der Waals surface area contributed by atoms with Gasteiger partial charge >= 0.3 is 6.03 Å². The average Bonchev–Trinajstić information content (AvgIpc) is 2.54. The third kappa shape index (κ3) is 5.42. The third-order valence-electron chi connectivity index (χ3n) is 3.74. The minimum absolute atomic E-state index is 0.0294. The first-order chi connectivity index (χ1) is 11.5. The van der Waals surface area contributed by atoms with E-state index in [4.69, 9.17) is 9.47 Å². The molecule has 7 nitrogen and oxygen atoms in total. The molecule has 2 unspecified atom stereocenters. The lowest BCUT2D eigenvalue weighted by Crippen LogP contribution is -2.48. The van der Waals surface area contributed by atoms with Crippen molar-refractivity contribution in [1.29, 1.82) is 0 Å². The minimum atomic E-state index is -0.336. The number of amides is 3. The molecule has 24 heavy (non-hydrogen) atoms. The van der Waals surface area contributed by atoms with Crippen molar-refractivity contribution in [2.75, 3.05) is 32.1 Å². The Morgan fingerprint density at radius 2 is 1.83 bits per heavy atom. The van der Waals surface area contributed by atoms with Crippen LogP contribution < -0.4 is 15.4 Å². The number of urea groups is 1. The summed E-state index contributed by atoms with van der Waals surface area (Å²) in [5.41, 5.74) is 0.662. The van der Waals surface area contributed by atoms with Crippen molar-refractivity contribution in [3.8, 4) is 5.75 Å². The van der Waals surface area contributed by atoms with E-state index in [1.54, 1.807) is 36.3 Å². The SMILES string of the molecule is COc1ccc(NC(=O)NCCC(=O)N2CC(C)OC(C)C2)cc1. The smallest absolute Gasteiger partial charge is 0.319 e. The summed E-state index contributed by atoms with van der Waals surface area (Å²) in [4.78, 5) is 25.8. The molecular formula is C17H25N3O4. The Bertz CT molecular complexity index is 551. The summed E-state index contributed by atoms with van der Waals surface area (Å²) in [7, 11) is 1.59. The monoisotopic (exact) mass is 335 g/mol. The van der Waals surface area contributed by atoms with Gasteiger partial charge < -0.3 is 25.0 Å². The molecular weight excluding hydrogens is 310 g/mol. The number of nitrogens with zero attached hydrogens (tertiary/aromatic N) is 1. The summed E-state index contributed by atoms with van der Waals surface area (Å²) in [5.74, 6) is 0.752. The highest BCUT2D eigenvalue weighted by Gasteiger charge is 2.25. The molecule has 0 bridgehead atoms. The molecule has 132 valence electrons. The third-order valence-corrected chi connectivity index (χ3v) is 3.74. The zero-order valence-corrected chi connectivity index (χ0v) is 14.4. The van der Waals surface area contributed by atoms with E-state index >= 15 is 0 Å². The van der Waals surface area contributed by atoms with Crippen molar-refractivity contribution in [2.24, 2.45) is 0 Å². The van der Waals surface area contributed by atoms with E-state index in [2.05, 4.69) is 10.6 Å². The predicted molar refractivity (Wildman–Crippen MR) is 91.2 cm³/mol. The van der Waals surface area contributed by atoms with E-state index in [9.17, 15) is 9.59 Å². The number of ether oxygens (including phenoxy) is 2. The van der Waals surface area contributed by atoms with Crippen molar-refractivity contribution < 1.29 is 19.1 Å². The van der Waals surface area contributed by atoms with Crippen LogP contribution in [-0.4, -0.2) is 55.8 Å². The van der Waals surface area contributed by atoms with E-state index in [1.165, 1.54) is 0 Å². The first-order valence-electron chi connectivity index (χ1n) is 8.10. The van der Waals surface area contributed by atoms with Gasteiger partial charge in [-0.2, -0.15) is 0 Å². The molecule has 0 spiro atoms. The molecule has 2 N–H and O–H groups in total. The second-order valence-electron chi connectivity index (χ2n) is 5.92. The van der Waals surface area contributed by atoms with Gasteiger partial charge in [0.2, 0.25) is 5.91 Å². The molecule has 7 heteroatoms. The molecule has 3 amide bonds. The number of morpholine rings is 1. The number of hydrogen-bond donors (Lipinski definition) is 2. The van der Waals surface area contributed by atoms with Crippen LogP contribution in [0.2, 0.25) is 0 Å². The quantitative estimate of drug-likeness (QED) is 0.860. The first kappa shape index (κ1) is 18.1. The van der Waals surface area contributed by atoms with Crippen LogP contribution in [-0.2, 0) is 9.53 Å². The summed E-state index contributed by atoms with van der Waals surface area (Å²) in [6.07, 6.45) is 0.364. The van der Waals surface area contributed by atoms with Crippen molar-refractivity contribution in [3.63, 3.8) is 0 Å². The van der Waals surface area contributed by atoms with Crippen LogP contribution in [0.3, 0.4) is 0 Å². The maximum absolute atomic E-state index is 12.2. The topological polar surface area (TPSA) is 79.9 Å². The predicted octanol–water partition coefficient (Wildman–Crippen LogP) is 1.84. The van der Waals surface area contributed by atoms with Crippen LogP contribution >= 0.6 is 0 Å². The standard InChI is InChI=1S/C17H25N3O4/c1-12-10-20(11-13(2)24-12)16(21)8-9-18-17(22)19-14-4-6-15(23-3)7-5-14/h4-7,12-13H,8-11H2,1-3H3,(H2,18,19,22). The van der Waals surface area contributed by atoms with Gasteiger partial charge in [0, 0.05) is 31.7 Å². The van der Waals surface area contributed by atoms with Gasteiger partial charge in [-0.1, -0.05) is 0 Å².